The quantitative estimate of drug-likeness (QED) is 0.855. The van der Waals surface area contributed by atoms with Gasteiger partial charge in [-0.1, -0.05) is 6.42 Å². The van der Waals surface area contributed by atoms with Crippen molar-refractivity contribution < 1.29 is 9.90 Å². The van der Waals surface area contributed by atoms with Crippen LogP contribution in [0.3, 0.4) is 0 Å². The first kappa shape index (κ1) is 10.6. The molecule has 2 rings (SSSR count). The zero-order valence-corrected chi connectivity index (χ0v) is 9.59. The third kappa shape index (κ3) is 2.38. The molecule has 3 nitrogen and oxygen atoms in total. The molecule has 4 heteroatoms. The highest BCUT2D eigenvalue weighted by atomic mass is 32.1. The maximum Gasteiger partial charge on any atom is 0.345 e. The standard InChI is InChI=1S/C11H15NO2S/c1-12(8-3-2-4-8)7-9-5-6-10(15-9)11(13)14/h5-6,8H,2-4,7H2,1H3,(H,13,14). The zero-order chi connectivity index (χ0) is 10.8. The van der Waals surface area contributed by atoms with Crippen LogP contribution in [0, 0.1) is 0 Å². The summed E-state index contributed by atoms with van der Waals surface area (Å²) in [6, 6.07) is 4.32. The topological polar surface area (TPSA) is 40.5 Å². The van der Waals surface area contributed by atoms with Gasteiger partial charge >= 0.3 is 5.97 Å². The maximum atomic E-state index is 10.7. The Kier molecular flexibility index (Phi) is 3.07. The highest BCUT2D eigenvalue weighted by molar-refractivity contribution is 7.13. The average molecular weight is 225 g/mol. The molecular weight excluding hydrogens is 210 g/mol. The summed E-state index contributed by atoms with van der Waals surface area (Å²) in [5.41, 5.74) is 0. The molecule has 0 unspecified atom stereocenters. The van der Waals surface area contributed by atoms with Crippen molar-refractivity contribution in [1.29, 1.82) is 0 Å². The molecule has 1 heterocycles. The first-order valence-electron chi connectivity index (χ1n) is 5.19. The van der Waals surface area contributed by atoms with Gasteiger partial charge in [0.05, 0.1) is 0 Å². The van der Waals surface area contributed by atoms with Crippen molar-refractivity contribution in [3.8, 4) is 0 Å². The molecular formula is C11H15NO2S. The van der Waals surface area contributed by atoms with E-state index in [9.17, 15) is 4.79 Å². The van der Waals surface area contributed by atoms with Gasteiger partial charge in [0.2, 0.25) is 0 Å². The van der Waals surface area contributed by atoms with Crippen molar-refractivity contribution in [1.82, 2.24) is 4.90 Å². The van der Waals surface area contributed by atoms with Crippen LogP contribution in [-0.2, 0) is 6.54 Å². The number of nitrogens with zero attached hydrogens (tertiary/aromatic N) is 1. The molecule has 0 aliphatic heterocycles. The Labute approximate surface area is 93.3 Å². The summed E-state index contributed by atoms with van der Waals surface area (Å²) in [5.74, 6) is -0.822. The first-order valence-corrected chi connectivity index (χ1v) is 6.00. The molecule has 1 fully saturated rings. The summed E-state index contributed by atoms with van der Waals surface area (Å²) in [5, 5.41) is 8.80. The average Bonchev–Trinajstić information content (AvgIpc) is 2.48. The van der Waals surface area contributed by atoms with Crippen molar-refractivity contribution >= 4 is 17.3 Å². The number of thiophene rings is 1. The molecule has 82 valence electrons. The van der Waals surface area contributed by atoms with E-state index >= 15 is 0 Å². The van der Waals surface area contributed by atoms with E-state index in [1.54, 1.807) is 6.07 Å². The van der Waals surface area contributed by atoms with Crippen LogP contribution >= 0.6 is 11.3 Å². The smallest absolute Gasteiger partial charge is 0.345 e. The molecule has 0 aromatic carbocycles. The van der Waals surface area contributed by atoms with E-state index in [-0.39, 0.29) is 0 Å². The number of aromatic carboxylic acids is 1. The molecule has 0 spiro atoms. The normalized spacial score (nSPS) is 16.7. The van der Waals surface area contributed by atoms with Crippen LogP contribution in [0.1, 0.15) is 33.8 Å². The van der Waals surface area contributed by atoms with Crippen LogP contribution < -0.4 is 0 Å². The third-order valence-corrected chi connectivity index (χ3v) is 4.03. The fourth-order valence-electron chi connectivity index (χ4n) is 1.78. The van der Waals surface area contributed by atoms with Gasteiger partial charge < -0.3 is 5.11 Å². The van der Waals surface area contributed by atoms with Gasteiger partial charge in [0.15, 0.2) is 0 Å². The SMILES string of the molecule is CN(Cc1ccc(C(=O)O)s1)C1CCC1. The minimum Gasteiger partial charge on any atom is -0.477 e. The van der Waals surface area contributed by atoms with Gasteiger partial charge in [0, 0.05) is 17.5 Å². The summed E-state index contributed by atoms with van der Waals surface area (Å²) < 4.78 is 0. The Hall–Kier alpha value is -0.870. The second-order valence-electron chi connectivity index (χ2n) is 4.07. The highest BCUT2D eigenvalue weighted by Crippen LogP contribution is 2.26. The molecule has 1 aliphatic rings. The van der Waals surface area contributed by atoms with E-state index < -0.39 is 5.97 Å². The van der Waals surface area contributed by atoms with Gasteiger partial charge in [-0.05, 0) is 32.0 Å². The fourth-order valence-corrected chi connectivity index (χ4v) is 2.69. The van der Waals surface area contributed by atoms with E-state index in [0.29, 0.717) is 10.9 Å². The Morgan fingerprint density at radius 1 is 1.60 bits per heavy atom. The Balaban J connectivity index is 1.94. The molecule has 0 bridgehead atoms. The van der Waals surface area contributed by atoms with Crippen molar-refractivity contribution in [2.45, 2.75) is 31.8 Å². The number of hydrogen-bond donors (Lipinski definition) is 1. The van der Waals surface area contributed by atoms with Crippen LogP contribution in [0.15, 0.2) is 12.1 Å². The largest absolute Gasteiger partial charge is 0.477 e. The summed E-state index contributed by atoms with van der Waals surface area (Å²) in [6.45, 7) is 0.878. The minimum absolute atomic E-state index is 0.437. The van der Waals surface area contributed by atoms with Crippen molar-refractivity contribution in [2.75, 3.05) is 7.05 Å². The Morgan fingerprint density at radius 3 is 2.80 bits per heavy atom. The van der Waals surface area contributed by atoms with Crippen molar-refractivity contribution in [2.24, 2.45) is 0 Å². The summed E-state index contributed by atoms with van der Waals surface area (Å²) in [6.07, 6.45) is 3.90. The lowest BCUT2D eigenvalue weighted by Gasteiger charge is -2.34. The predicted molar refractivity (Wildman–Crippen MR) is 60.4 cm³/mol. The first-order chi connectivity index (χ1) is 7.16. The van der Waals surface area contributed by atoms with Gasteiger partial charge in [0.1, 0.15) is 4.88 Å². The van der Waals surface area contributed by atoms with Crippen LogP contribution in [0.5, 0.6) is 0 Å². The van der Waals surface area contributed by atoms with Gasteiger partial charge in [-0.25, -0.2) is 4.79 Å². The second-order valence-corrected chi connectivity index (χ2v) is 5.24. The molecule has 0 amide bonds. The molecule has 1 aliphatic carbocycles. The lowest BCUT2D eigenvalue weighted by atomic mass is 9.92. The van der Waals surface area contributed by atoms with E-state index in [1.807, 2.05) is 6.07 Å². The Morgan fingerprint density at radius 2 is 2.33 bits per heavy atom. The molecule has 1 saturated carbocycles. The molecule has 1 N–H and O–H groups in total. The summed E-state index contributed by atoms with van der Waals surface area (Å²) in [7, 11) is 2.12. The van der Waals surface area contributed by atoms with E-state index in [1.165, 1.54) is 30.6 Å². The summed E-state index contributed by atoms with van der Waals surface area (Å²) >= 11 is 1.38. The van der Waals surface area contributed by atoms with Crippen LogP contribution in [0.25, 0.3) is 0 Å². The zero-order valence-electron chi connectivity index (χ0n) is 8.77. The van der Waals surface area contributed by atoms with E-state index in [4.69, 9.17) is 5.11 Å². The minimum atomic E-state index is -0.822. The maximum absolute atomic E-state index is 10.7. The molecule has 0 radical (unpaired) electrons. The number of carboxylic acids is 1. The highest BCUT2D eigenvalue weighted by Gasteiger charge is 2.22. The number of carboxylic acid groups (broad SMARTS) is 1. The molecule has 1 aromatic heterocycles. The summed E-state index contributed by atoms with van der Waals surface area (Å²) in [4.78, 5) is 14.6. The number of rotatable bonds is 4. The molecule has 0 saturated heterocycles. The van der Waals surface area contributed by atoms with E-state index in [0.717, 1.165) is 11.4 Å². The van der Waals surface area contributed by atoms with Gasteiger partial charge in [0.25, 0.3) is 0 Å². The third-order valence-electron chi connectivity index (χ3n) is 2.98. The lowest BCUT2D eigenvalue weighted by Crippen LogP contribution is -2.36. The Bertz CT molecular complexity index is 357. The molecule has 15 heavy (non-hydrogen) atoms. The second kappa shape index (κ2) is 4.33. The van der Waals surface area contributed by atoms with Gasteiger partial charge in [-0.15, -0.1) is 11.3 Å². The van der Waals surface area contributed by atoms with Crippen molar-refractivity contribution in [3.05, 3.63) is 21.9 Å². The van der Waals surface area contributed by atoms with Gasteiger partial charge in [-0.2, -0.15) is 0 Å². The van der Waals surface area contributed by atoms with Gasteiger partial charge in [-0.3, -0.25) is 4.90 Å². The lowest BCUT2D eigenvalue weighted by molar-refractivity contribution is 0.0702. The van der Waals surface area contributed by atoms with Crippen LogP contribution in [0.2, 0.25) is 0 Å². The fraction of sp³-hybridized carbons (Fsp3) is 0.545. The van der Waals surface area contributed by atoms with Crippen molar-refractivity contribution in [3.63, 3.8) is 0 Å². The number of carbonyl (C=O) groups is 1. The van der Waals surface area contributed by atoms with Crippen LogP contribution in [0.4, 0.5) is 0 Å². The molecule has 0 atom stereocenters. The number of hydrogen-bond acceptors (Lipinski definition) is 3. The molecule has 1 aromatic rings. The van der Waals surface area contributed by atoms with E-state index in [2.05, 4.69) is 11.9 Å². The van der Waals surface area contributed by atoms with Crippen LogP contribution in [-0.4, -0.2) is 29.1 Å². The predicted octanol–water partition coefficient (Wildman–Crippen LogP) is 2.43. The monoisotopic (exact) mass is 225 g/mol.